The number of hydrogen-bond donors (Lipinski definition) is 4. The maximum Gasteiger partial charge on any atom is 0.255 e. The SMILES string of the molecule is Cc1ccccc1CNC(=O)[C@H]1N(C(=O)[C@@H](O)C2(NC(=O)c3cccc(O)c3C)C[C@H]2c2ccccc2)CSC12CCC2. The molecule has 3 amide bonds. The van der Waals surface area contributed by atoms with Gasteiger partial charge in [0.2, 0.25) is 5.91 Å². The lowest BCUT2D eigenvalue weighted by molar-refractivity contribution is -0.148. The lowest BCUT2D eigenvalue weighted by atomic mass is 9.77. The number of aromatic hydroxyl groups is 1. The molecular weight excluding hydrogens is 562 g/mol. The number of thioether (sulfide) groups is 1. The summed E-state index contributed by atoms with van der Waals surface area (Å²) in [6.07, 6.45) is 1.43. The zero-order valence-electron chi connectivity index (χ0n) is 24.4. The summed E-state index contributed by atoms with van der Waals surface area (Å²) in [5.74, 6) is -1.26. The molecule has 1 unspecified atom stereocenters. The Morgan fingerprint density at radius 1 is 1.00 bits per heavy atom. The minimum atomic E-state index is -1.57. The Bertz CT molecular complexity index is 1560. The predicted molar refractivity (Wildman–Crippen MR) is 166 cm³/mol. The van der Waals surface area contributed by atoms with Crippen LogP contribution >= 0.6 is 11.8 Å². The molecule has 3 aliphatic rings. The third-order valence-electron chi connectivity index (χ3n) is 9.57. The van der Waals surface area contributed by atoms with Gasteiger partial charge in [0.1, 0.15) is 11.8 Å². The second-order valence-electron chi connectivity index (χ2n) is 12.1. The van der Waals surface area contributed by atoms with E-state index in [4.69, 9.17) is 0 Å². The molecule has 6 rings (SSSR count). The summed E-state index contributed by atoms with van der Waals surface area (Å²) in [5.41, 5.74) is 2.43. The highest BCUT2D eigenvalue weighted by Gasteiger charge is 2.65. The van der Waals surface area contributed by atoms with Crippen LogP contribution < -0.4 is 10.6 Å². The van der Waals surface area contributed by atoms with Gasteiger partial charge >= 0.3 is 0 Å². The van der Waals surface area contributed by atoms with Crippen LogP contribution in [0.5, 0.6) is 5.75 Å². The fourth-order valence-corrected chi connectivity index (χ4v) is 8.29. The van der Waals surface area contributed by atoms with Gasteiger partial charge < -0.3 is 25.7 Å². The highest BCUT2D eigenvalue weighted by atomic mass is 32.2. The number of aliphatic hydroxyl groups is 1. The summed E-state index contributed by atoms with van der Waals surface area (Å²) in [7, 11) is 0. The first kappa shape index (κ1) is 29.3. The van der Waals surface area contributed by atoms with Crippen molar-refractivity contribution in [1.82, 2.24) is 15.5 Å². The summed E-state index contributed by atoms with van der Waals surface area (Å²) < 4.78 is -0.372. The number of nitrogens with zero attached hydrogens (tertiary/aromatic N) is 1. The van der Waals surface area contributed by atoms with E-state index in [9.17, 15) is 24.6 Å². The Hall–Kier alpha value is -3.82. The zero-order valence-corrected chi connectivity index (χ0v) is 25.2. The molecule has 1 aliphatic heterocycles. The summed E-state index contributed by atoms with van der Waals surface area (Å²) in [5, 5.41) is 28.1. The van der Waals surface area contributed by atoms with E-state index in [1.165, 1.54) is 11.0 Å². The molecule has 3 aromatic rings. The Morgan fingerprint density at radius 3 is 2.42 bits per heavy atom. The number of aliphatic hydroxyl groups excluding tert-OH is 1. The number of carbonyl (C=O) groups is 3. The fourth-order valence-electron chi connectivity index (χ4n) is 6.65. The van der Waals surface area contributed by atoms with Crippen LogP contribution in [0.4, 0.5) is 0 Å². The molecular formula is C34H37N3O5S. The second-order valence-corrected chi connectivity index (χ2v) is 13.4. The molecule has 3 fully saturated rings. The van der Waals surface area contributed by atoms with Crippen molar-refractivity contribution in [1.29, 1.82) is 0 Å². The smallest absolute Gasteiger partial charge is 0.255 e. The maximum absolute atomic E-state index is 14.2. The number of nitrogens with one attached hydrogen (secondary N) is 2. The number of hydrogen-bond acceptors (Lipinski definition) is 6. The van der Waals surface area contributed by atoms with E-state index in [0.29, 0.717) is 24.4 Å². The van der Waals surface area contributed by atoms with Gasteiger partial charge in [-0.3, -0.25) is 14.4 Å². The molecule has 0 aromatic heterocycles. The molecule has 0 bridgehead atoms. The zero-order chi connectivity index (χ0) is 30.4. The monoisotopic (exact) mass is 599 g/mol. The Balaban J connectivity index is 1.27. The largest absolute Gasteiger partial charge is 0.508 e. The van der Waals surface area contributed by atoms with Gasteiger partial charge in [-0.05, 0) is 61.9 Å². The topological polar surface area (TPSA) is 119 Å². The van der Waals surface area contributed by atoms with E-state index in [0.717, 1.165) is 36.0 Å². The first-order valence-electron chi connectivity index (χ1n) is 14.8. The number of aryl methyl sites for hydroxylation is 1. The van der Waals surface area contributed by atoms with E-state index < -0.39 is 29.5 Å². The molecule has 1 spiro atoms. The average Bonchev–Trinajstić information content (AvgIpc) is 3.56. The van der Waals surface area contributed by atoms with Crippen molar-refractivity contribution >= 4 is 29.5 Å². The lowest BCUT2D eigenvalue weighted by Crippen LogP contribution is -2.61. The summed E-state index contributed by atoms with van der Waals surface area (Å²) in [4.78, 5) is 43.0. The number of rotatable bonds is 8. The van der Waals surface area contributed by atoms with Crippen LogP contribution in [0.25, 0.3) is 0 Å². The van der Waals surface area contributed by atoms with Gasteiger partial charge in [-0.15, -0.1) is 11.8 Å². The molecule has 4 atom stereocenters. The molecule has 2 aliphatic carbocycles. The number of amides is 3. The molecule has 1 saturated heterocycles. The molecule has 1 heterocycles. The van der Waals surface area contributed by atoms with E-state index >= 15 is 0 Å². The Morgan fingerprint density at radius 2 is 1.72 bits per heavy atom. The van der Waals surface area contributed by atoms with Crippen LogP contribution in [0.3, 0.4) is 0 Å². The van der Waals surface area contributed by atoms with Crippen molar-refractivity contribution in [2.45, 2.75) is 74.4 Å². The van der Waals surface area contributed by atoms with Gasteiger partial charge in [-0.25, -0.2) is 0 Å². The van der Waals surface area contributed by atoms with Gasteiger partial charge in [-0.1, -0.05) is 67.1 Å². The number of phenols is 1. The maximum atomic E-state index is 14.2. The molecule has 0 radical (unpaired) electrons. The molecule has 9 heteroatoms. The van der Waals surface area contributed by atoms with Crippen LogP contribution in [-0.2, 0) is 16.1 Å². The quantitative estimate of drug-likeness (QED) is 0.309. The molecule has 3 aromatic carbocycles. The number of phenolic OH excluding ortho intramolecular Hbond substituents is 1. The van der Waals surface area contributed by atoms with Gasteiger partial charge in [0.25, 0.3) is 11.8 Å². The van der Waals surface area contributed by atoms with Crippen molar-refractivity contribution in [3.05, 3.63) is 101 Å². The van der Waals surface area contributed by atoms with Gasteiger partial charge in [0.15, 0.2) is 6.10 Å². The third kappa shape index (κ3) is 5.18. The minimum absolute atomic E-state index is 0.00632. The third-order valence-corrected chi connectivity index (χ3v) is 11.2. The van der Waals surface area contributed by atoms with Crippen LogP contribution in [-0.4, -0.2) is 61.1 Å². The first-order valence-corrected chi connectivity index (χ1v) is 15.8. The van der Waals surface area contributed by atoms with Crippen LogP contribution in [0, 0.1) is 13.8 Å². The van der Waals surface area contributed by atoms with Crippen LogP contribution in [0.15, 0.2) is 72.8 Å². The highest BCUT2D eigenvalue weighted by Crippen LogP contribution is 2.56. The number of benzene rings is 3. The van der Waals surface area contributed by atoms with E-state index in [2.05, 4.69) is 10.6 Å². The molecule has 43 heavy (non-hydrogen) atoms. The van der Waals surface area contributed by atoms with Crippen LogP contribution in [0.2, 0.25) is 0 Å². The van der Waals surface area contributed by atoms with Gasteiger partial charge in [0, 0.05) is 28.3 Å². The Kier molecular flexibility index (Phi) is 7.73. The first-order chi connectivity index (χ1) is 20.7. The van der Waals surface area contributed by atoms with E-state index in [1.54, 1.807) is 30.8 Å². The van der Waals surface area contributed by atoms with Gasteiger partial charge in [-0.2, -0.15) is 0 Å². The average molecular weight is 600 g/mol. The number of carbonyl (C=O) groups excluding carboxylic acids is 3. The molecule has 8 nitrogen and oxygen atoms in total. The molecule has 2 saturated carbocycles. The minimum Gasteiger partial charge on any atom is -0.508 e. The van der Waals surface area contributed by atoms with Crippen molar-refractivity contribution < 1.29 is 24.6 Å². The van der Waals surface area contributed by atoms with E-state index in [-0.39, 0.29) is 27.9 Å². The summed E-state index contributed by atoms with van der Waals surface area (Å²) >= 11 is 1.61. The molecule has 4 N–H and O–H groups in total. The summed E-state index contributed by atoms with van der Waals surface area (Å²) in [6.45, 7) is 4.00. The lowest BCUT2D eigenvalue weighted by Gasteiger charge is -2.43. The van der Waals surface area contributed by atoms with Crippen molar-refractivity contribution in [2.24, 2.45) is 0 Å². The summed E-state index contributed by atoms with van der Waals surface area (Å²) in [6, 6.07) is 21.4. The van der Waals surface area contributed by atoms with Gasteiger partial charge in [0.05, 0.1) is 11.4 Å². The van der Waals surface area contributed by atoms with Crippen molar-refractivity contribution in [2.75, 3.05) is 5.88 Å². The fraction of sp³-hybridized carbons (Fsp3) is 0.382. The van der Waals surface area contributed by atoms with Crippen molar-refractivity contribution in [3.8, 4) is 5.75 Å². The Labute approximate surface area is 255 Å². The van der Waals surface area contributed by atoms with E-state index in [1.807, 2.05) is 61.5 Å². The predicted octanol–water partition coefficient (Wildman–Crippen LogP) is 4.17. The molecule has 224 valence electrons. The normalized spacial score (nSPS) is 24.2. The van der Waals surface area contributed by atoms with Crippen molar-refractivity contribution in [3.63, 3.8) is 0 Å². The second kappa shape index (κ2) is 11.4. The highest BCUT2D eigenvalue weighted by molar-refractivity contribution is 8.01. The van der Waals surface area contributed by atoms with Crippen LogP contribution in [0.1, 0.15) is 64.2 Å². The standard InChI is InChI=1S/C34H37N3O5S/c1-21-10-6-7-13-24(21)19-35-31(41)28-33(16-9-17-33)43-20-37(28)32(42)29(39)34(18-26(34)23-11-4-3-5-12-23)36-30(40)25-14-8-15-27(38)22(25)2/h3-8,10-15,26,28-29,38-39H,9,16-20H2,1-2H3,(H,35,41)(H,36,40)/t26-,28+,29+,34?/m0/s1.